The first kappa shape index (κ1) is 21.2. The van der Waals surface area contributed by atoms with Gasteiger partial charge >= 0.3 is 6.09 Å². The molecule has 1 aromatic carbocycles. The molecule has 1 saturated carbocycles. The maximum atomic E-state index is 13.0. The number of nitrogens with one attached hydrogen (secondary N) is 1. The lowest BCUT2D eigenvalue weighted by Gasteiger charge is -2.33. The van der Waals surface area contributed by atoms with Crippen LogP contribution in [0.2, 0.25) is 0 Å². The molecule has 1 fully saturated rings. The van der Waals surface area contributed by atoms with Crippen molar-refractivity contribution in [3.63, 3.8) is 0 Å². The van der Waals surface area contributed by atoms with Gasteiger partial charge in [0, 0.05) is 6.04 Å². The Hall–Kier alpha value is -1.56. The average molecular weight is 452 g/mol. The van der Waals surface area contributed by atoms with E-state index in [1.807, 2.05) is 39.8 Å². The largest absolute Gasteiger partial charge is 0.491 e. The highest BCUT2D eigenvalue weighted by molar-refractivity contribution is 9.10. The van der Waals surface area contributed by atoms with E-state index in [0.717, 1.165) is 42.1 Å². The zero-order chi connectivity index (χ0) is 20.5. The van der Waals surface area contributed by atoms with E-state index in [4.69, 9.17) is 9.47 Å². The monoisotopic (exact) mass is 451 g/mol. The number of hydrogen-bond donors (Lipinski definition) is 1. The van der Waals surface area contributed by atoms with Crippen molar-refractivity contribution in [2.75, 3.05) is 6.61 Å². The van der Waals surface area contributed by atoms with Crippen molar-refractivity contribution in [1.82, 2.24) is 5.32 Å². The van der Waals surface area contributed by atoms with Gasteiger partial charge in [0.1, 0.15) is 11.4 Å². The minimum atomic E-state index is -0.480. The topological polar surface area (TPSA) is 64.6 Å². The molecule has 1 heterocycles. The van der Waals surface area contributed by atoms with Crippen LogP contribution in [0.3, 0.4) is 0 Å². The van der Waals surface area contributed by atoms with Crippen LogP contribution in [0.1, 0.15) is 68.8 Å². The third-order valence-corrected chi connectivity index (χ3v) is 6.03. The molecule has 0 unspecified atom stereocenters. The van der Waals surface area contributed by atoms with Gasteiger partial charge in [0.25, 0.3) is 0 Å². The summed E-state index contributed by atoms with van der Waals surface area (Å²) >= 11 is 3.50. The fourth-order valence-electron chi connectivity index (χ4n) is 4.13. The van der Waals surface area contributed by atoms with E-state index in [0.29, 0.717) is 23.8 Å². The quantitative estimate of drug-likeness (QED) is 0.665. The summed E-state index contributed by atoms with van der Waals surface area (Å²) in [5.41, 5.74) is 1.27. The highest BCUT2D eigenvalue weighted by Crippen LogP contribution is 2.38. The van der Waals surface area contributed by atoms with E-state index in [-0.39, 0.29) is 23.8 Å². The Balaban J connectivity index is 1.51. The second-order valence-corrected chi connectivity index (χ2v) is 9.95. The van der Waals surface area contributed by atoms with Crippen LogP contribution in [0.25, 0.3) is 0 Å². The van der Waals surface area contributed by atoms with Crippen LogP contribution >= 0.6 is 15.9 Å². The van der Waals surface area contributed by atoms with Crippen molar-refractivity contribution in [3.05, 3.63) is 27.7 Å². The maximum Gasteiger partial charge on any atom is 0.407 e. The Morgan fingerprint density at radius 2 is 1.93 bits per heavy atom. The third kappa shape index (κ3) is 5.28. The van der Waals surface area contributed by atoms with Crippen LogP contribution < -0.4 is 10.1 Å². The Morgan fingerprint density at radius 3 is 2.57 bits per heavy atom. The molecule has 1 amide bonds. The smallest absolute Gasteiger partial charge is 0.407 e. The highest BCUT2D eigenvalue weighted by Gasteiger charge is 2.34. The molecule has 1 N–H and O–H groups in total. The molecule has 6 heteroatoms. The van der Waals surface area contributed by atoms with Crippen molar-refractivity contribution in [2.24, 2.45) is 11.8 Å². The molecule has 3 rings (SSSR count). The molecule has 1 atom stereocenters. The first-order valence-electron chi connectivity index (χ1n) is 10.1. The zero-order valence-corrected chi connectivity index (χ0v) is 18.7. The van der Waals surface area contributed by atoms with E-state index in [1.165, 1.54) is 0 Å². The number of alkyl carbamates (subject to hydrolysis) is 1. The summed E-state index contributed by atoms with van der Waals surface area (Å²) < 4.78 is 12.1. The van der Waals surface area contributed by atoms with Gasteiger partial charge in [0.05, 0.1) is 22.6 Å². The third-order valence-electron chi connectivity index (χ3n) is 5.44. The molecule has 0 radical (unpaired) electrons. The number of aryl methyl sites for hydroxylation is 1. The lowest BCUT2D eigenvalue weighted by atomic mass is 9.78. The van der Waals surface area contributed by atoms with Crippen LogP contribution in [-0.2, 0) is 4.74 Å². The number of hydrogen-bond acceptors (Lipinski definition) is 4. The van der Waals surface area contributed by atoms with Gasteiger partial charge in [-0.1, -0.05) is 0 Å². The molecule has 1 aromatic rings. The van der Waals surface area contributed by atoms with Gasteiger partial charge in [-0.05, 0) is 99.3 Å². The number of carbonyl (C=O) groups is 2. The van der Waals surface area contributed by atoms with Crippen molar-refractivity contribution >= 4 is 27.8 Å². The Labute approximate surface area is 175 Å². The fraction of sp³-hybridized carbons (Fsp3) is 0.636. The van der Waals surface area contributed by atoms with E-state index >= 15 is 0 Å². The van der Waals surface area contributed by atoms with Gasteiger partial charge in [0.2, 0.25) is 0 Å². The van der Waals surface area contributed by atoms with Crippen molar-refractivity contribution in [2.45, 2.75) is 71.4 Å². The first-order chi connectivity index (χ1) is 13.1. The van der Waals surface area contributed by atoms with Crippen LogP contribution in [-0.4, -0.2) is 30.1 Å². The predicted octanol–water partition coefficient (Wildman–Crippen LogP) is 5.42. The number of carbonyl (C=O) groups excluding carboxylic acids is 2. The molecular formula is C22H30BrNO4. The highest BCUT2D eigenvalue weighted by atomic mass is 79.9. The number of Topliss-reactive ketones (excluding diaryl/α,β-unsaturated/α-hetero) is 1. The maximum absolute atomic E-state index is 13.0. The van der Waals surface area contributed by atoms with Crippen molar-refractivity contribution in [1.29, 1.82) is 0 Å². The standard InChI is InChI=1S/C22H30BrNO4/c1-13-9-17-19(25)15(12-27-20(17)18(23)10-13)11-14-5-7-16(8-6-14)24-21(26)28-22(2,3)4/h9-10,14-16H,5-8,11-12H2,1-4H3,(H,24,26)/t14?,15-,16?/m0/s1. The van der Waals surface area contributed by atoms with Crippen LogP contribution in [0.15, 0.2) is 16.6 Å². The molecule has 5 nitrogen and oxygen atoms in total. The minimum Gasteiger partial charge on any atom is -0.491 e. The summed E-state index contributed by atoms with van der Waals surface area (Å²) in [6, 6.07) is 4.06. The molecule has 2 aliphatic rings. The molecule has 1 aliphatic heterocycles. The van der Waals surface area contributed by atoms with E-state index in [2.05, 4.69) is 21.2 Å². The summed E-state index contributed by atoms with van der Waals surface area (Å²) in [6.07, 6.45) is 4.37. The number of amides is 1. The second kappa shape index (κ2) is 8.44. The number of rotatable bonds is 3. The van der Waals surface area contributed by atoms with Crippen molar-refractivity contribution < 1.29 is 19.1 Å². The van der Waals surface area contributed by atoms with E-state index in [1.54, 1.807) is 0 Å². The van der Waals surface area contributed by atoms with Crippen molar-refractivity contribution in [3.8, 4) is 5.75 Å². The van der Waals surface area contributed by atoms with Gasteiger partial charge < -0.3 is 14.8 Å². The lowest BCUT2D eigenvalue weighted by Crippen LogP contribution is -2.41. The summed E-state index contributed by atoms with van der Waals surface area (Å²) in [6.45, 7) is 8.03. The predicted molar refractivity (Wildman–Crippen MR) is 112 cm³/mol. The SMILES string of the molecule is Cc1cc(Br)c2c(c1)C(=O)[C@@H](CC1CCC(NC(=O)OC(C)(C)C)CC1)CO2. The molecule has 154 valence electrons. The summed E-state index contributed by atoms with van der Waals surface area (Å²) in [7, 11) is 0. The van der Waals surface area contributed by atoms with Gasteiger partial charge in [-0.25, -0.2) is 4.79 Å². The number of halogens is 1. The number of fused-ring (bicyclic) bond motifs is 1. The van der Waals surface area contributed by atoms with Crippen LogP contribution in [0.4, 0.5) is 4.79 Å². The molecular weight excluding hydrogens is 422 g/mol. The molecule has 0 spiro atoms. The molecule has 1 aliphatic carbocycles. The van der Waals surface area contributed by atoms with Gasteiger partial charge in [-0.3, -0.25) is 4.79 Å². The Bertz CT molecular complexity index is 748. The second-order valence-electron chi connectivity index (χ2n) is 9.10. The fourth-order valence-corrected chi connectivity index (χ4v) is 4.82. The van der Waals surface area contributed by atoms with Gasteiger partial charge in [-0.2, -0.15) is 0 Å². The summed E-state index contributed by atoms with van der Waals surface area (Å²) in [5.74, 6) is 1.28. The van der Waals surface area contributed by atoms with E-state index in [9.17, 15) is 9.59 Å². The van der Waals surface area contributed by atoms with E-state index < -0.39 is 5.60 Å². The zero-order valence-electron chi connectivity index (χ0n) is 17.1. The normalized spacial score (nSPS) is 24.9. The number of benzene rings is 1. The minimum absolute atomic E-state index is 0.0819. The summed E-state index contributed by atoms with van der Waals surface area (Å²) in [5, 5.41) is 2.98. The molecule has 28 heavy (non-hydrogen) atoms. The number of ether oxygens (including phenoxy) is 2. The van der Waals surface area contributed by atoms with Crippen LogP contribution in [0.5, 0.6) is 5.75 Å². The lowest BCUT2D eigenvalue weighted by molar-refractivity contribution is 0.0484. The summed E-state index contributed by atoms with van der Waals surface area (Å²) in [4.78, 5) is 24.9. The Morgan fingerprint density at radius 1 is 1.25 bits per heavy atom. The molecule has 0 aromatic heterocycles. The Kier molecular flexibility index (Phi) is 6.37. The average Bonchev–Trinajstić information content (AvgIpc) is 2.57. The van der Waals surface area contributed by atoms with Gasteiger partial charge in [0.15, 0.2) is 5.78 Å². The van der Waals surface area contributed by atoms with Crippen LogP contribution in [0, 0.1) is 18.8 Å². The number of ketones is 1. The van der Waals surface area contributed by atoms with Gasteiger partial charge in [-0.15, -0.1) is 0 Å². The molecule has 0 saturated heterocycles. The first-order valence-corrected chi connectivity index (χ1v) is 10.9. The molecule has 0 bridgehead atoms.